The van der Waals surface area contributed by atoms with Crippen LogP contribution in [0, 0.1) is 11.3 Å². The standard InChI is InChI=1S/C21H22N4O4S/c1-24(2)21-17(13-22)23-20(29-21)16-10-11-18(28-4)19(12-16)30(26,27)25(3)14-15-8-6-5-7-9-15/h5-12H,14H2,1-4H3. The molecule has 30 heavy (non-hydrogen) atoms. The minimum Gasteiger partial charge on any atom is -0.495 e. The molecular weight excluding hydrogens is 404 g/mol. The number of ether oxygens (including phenoxy) is 1. The molecule has 0 spiro atoms. The summed E-state index contributed by atoms with van der Waals surface area (Å²) < 4.78 is 38.8. The van der Waals surface area contributed by atoms with Crippen LogP contribution in [0.3, 0.4) is 0 Å². The van der Waals surface area contributed by atoms with Crippen LogP contribution in [0.2, 0.25) is 0 Å². The highest BCUT2D eigenvalue weighted by atomic mass is 32.2. The van der Waals surface area contributed by atoms with Gasteiger partial charge in [-0.05, 0) is 23.8 Å². The van der Waals surface area contributed by atoms with Crippen molar-refractivity contribution < 1.29 is 17.6 Å². The molecule has 0 fully saturated rings. The molecule has 0 bridgehead atoms. The first-order chi connectivity index (χ1) is 14.3. The molecule has 2 aromatic carbocycles. The minimum atomic E-state index is -3.87. The van der Waals surface area contributed by atoms with Gasteiger partial charge in [0.25, 0.3) is 0 Å². The molecular formula is C21H22N4O4S. The number of benzene rings is 2. The molecule has 156 valence electrons. The van der Waals surface area contributed by atoms with Crippen molar-refractivity contribution >= 4 is 15.9 Å². The number of rotatable bonds is 7. The van der Waals surface area contributed by atoms with Crippen LogP contribution in [0.5, 0.6) is 5.75 Å². The van der Waals surface area contributed by atoms with Crippen LogP contribution in [-0.2, 0) is 16.6 Å². The minimum absolute atomic E-state index is 0.0101. The maximum absolute atomic E-state index is 13.3. The van der Waals surface area contributed by atoms with E-state index >= 15 is 0 Å². The van der Waals surface area contributed by atoms with Crippen molar-refractivity contribution in [1.82, 2.24) is 9.29 Å². The quantitative estimate of drug-likeness (QED) is 0.572. The van der Waals surface area contributed by atoms with Gasteiger partial charge in [0.2, 0.25) is 27.5 Å². The third kappa shape index (κ3) is 4.15. The van der Waals surface area contributed by atoms with E-state index in [0.29, 0.717) is 11.4 Å². The monoisotopic (exact) mass is 426 g/mol. The first-order valence-electron chi connectivity index (χ1n) is 9.05. The third-order valence-electron chi connectivity index (χ3n) is 4.47. The average molecular weight is 426 g/mol. The molecule has 0 unspecified atom stereocenters. The largest absolute Gasteiger partial charge is 0.495 e. The Morgan fingerprint density at radius 3 is 2.40 bits per heavy atom. The Hall–Kier alpha value is -3.35. The third-order valence-corrected chi connectivity index (χ3v) is 6.29. The SMILES string of the molecule is COc1ccc(-c2nc(C#N)c(N(C)C)o2)cc1S(=O)(=O)N(C)Cc1ccccc1. The highest BCUT2D eigenvalue weighted by Gasteiger charge is 2.27. The van der Waals surface area contributed by atoms with Crippen molar-refractivity contribution in [1.29, 1.82) is 5.26 Å². The molecule has 8 nitrogen and oxygen atoms in total. The number of oxazole rings is 1. The zero-order valence-corrected chi connectivity index (χ0v) is 18.0. The summed E-state index contributed by atoms with van der Waals surface area (Å²) in [7, 11) is 2.51. The van der Waals surface area contributed by atoms with Gasteiger partial charge < -0.3 is 14.1 Å². The zero-order valence-electron chi connectivity index (χ0n) is 17.2. The fraction of sp³-hybridized carbons (Fsp3) is 0.238. The van der Waals surface area contributed by atoms with Gasteiger partial charge in [-0.25, -0.2) is 8.42 Å². The number of hydrogen-bond acceptors (Lipinski definition) is 7. The molecule has 0 amide bonds. The van der Waals surface area contributed by atoms with Crippen molar-refractivity contribution in [2.45, 2.75) is 11.4 Å². The lowest BCUT2D eigenvalue weighted by molar-refractivity contribution is 0.397. The van der Waals surface area contributed by atoms with Gasteiger partial charge >= 0.3 is 0 Å². The molecule has 3 rings (SSSR count). The van der Waals surface area contributed by atoms with E-state index < -0.39 is 10.0 Å². The number of nitriles is 1. The van der Waals surface area contributed by atoms with Crippen molar-refractivity contribution in [2.24, 2.45) is 0 Å². The number of anilines is 1. The number of hydrogen-bond donors (Lipinski definition) is 0. The predicted octanol–water partition coefficient (Wildman–Crippen LogP) is 3.11. The second kappa shape index (κ2) is 8.57. The Balaban J connectivity index is 2.04. The number of methoxy groups -OCH3 is 1. The second-order valence-corrected chi connectivity index (χ2v) is 8.80. The number of nitrogens with zero attached hydrogens (tertiary/aromatic N) is 4. The molecule has 1 heterocycles. The molecule has 0 N–H and O–H groups in total. The van der Waals surface area contributed by atoms with Crippen molar-refractivity contribution in [3.63, 3.8) is 0 Å². The van der Waals surface area contributed by atoms with Gasteiger partial charge in [-0.1, -0.05) is 30.3 Å². The summed E-state index contributed by atoms with van der Waals surface area (Å²) in [6.07, 6.45) is 0. The Bertz CT molecular complexity index is 1180. The van der Waals surface area contributed by atoms with E-state index in [0.717, 1.165) is 5.56 Å². The highest BCUT2D eigenvalue weighted by molar-refractivity contribution is 7.89. The Kier molecular flexibility index (Phi) is 6.10. The summed E-state index contributed by atoms with van der Waals surface area (Å²) in [6.45, 7) is 0.207. The average Bonchev–Trinajstić information content (AvgIpc) is 3.19. The molecule has 0 aliphatic rings. The molecule has 0 aliphatic carbocycles. The highest BCUT2D eigenvalue weighted by Crippen LogP contribution is 2.33. The predicted molar refractivity (Wildman–Crippen MR) is 113 cm³/mol. The Morgan fingerprint density at radius 1 is 1.13 bits per heavy atom. The van der Waals surface area contributed by atoms with E-state index in [2.05, 4.69) is 4.98 Å². The van der Waals surface area contributed by atoms with Crippen LogP contribution in [0.1, 0.15) is 11.3 Å². The molecule has 1 aromatic heterocycles. The van der Waals surface area contributed by atoms with E-state index in [1.165, 1.54) is 24.5 Å². The summed E-state index contributed by atoms with van der Waals surface area (Å²) in [5.74, 6) is 0.660. The summed E-state index contributed by atoms with van der Waals surface area (Å²) >= 11 is 0. The maximum atomic E-state index is 13.3. The lowest BCUT2D eigenvalue weighted by Crippen LogP contribution is -2.27. The van der Waals surface area contributed by atoms with Gasteiger partial charge in [0, 0.05) is 33.3 Å². The van der Waals surface area contributed by atoms with Gasteiger partial charge in [-0.2, -0.15) is 14.6 Å². The van der Waals surface area contributed by atoms with Gasteiger partial charge in [-0.3, -0.25) is 0 Å². The van der Waals surface area contributed by atoms with E-state index in [1.54, 1.807) is 31.1 Å². The zero-order chi connectivity index (χ0) is 21.9. The molecule has 0 radical (unpaired) electrons. The second-order valence-electron chi connectivity index (χ2n) is 6.79. The smallest absolute Gasteiger partial charge is 0.246 e. The first-order valence-corrected chi connectivity index (χ1v) is 10.5. The van der Waals surface area contributed by atoms with Gasteiger partial charge in [0.1, 0.15) is 16.7 Å². The van der Waals surface area contributed by atoms with Crippen LogP contribution in [0.15, 0.2) is 57.8 Å². The first kappa shape index (κ1) is 21.4. The van der Waals surface area contributed by atoms with E-state index in [1.807, 2.05) is 36.4 Å². The topological polar surface area (TPSA) is 99.7 Å². The van der Waals surface area contributed by atoms with Crippen LogP contribution in [0.4, 0.5) is 5.88 Å². The van der Waals surface area contributed by atoms with Crippen molar-refractivity contribution in [3.05, 3.63) is 59.8 Å². The van der Waals surface area contributed by atoms with Gasteiger partial charge in [0.15, 0.2) is 0 Å². The van der Waals surface area contributed by atoms with E-state index in [4.69, 9.17) is 9.15 Å². The van der Waals surface area contributed by atoms with Crippen LogP contribution in [0.25, 0.3) is 11.5 Å². The molecule has 0 aliphatic heterocycles. The van der Waals surface area contributed by atoms with Crippen LogP contribution in [-0.4, -0.2) is 46.0 Å². The fourth-order valence-corrected chi connectivity index (χ4v) is 4.25. The van der Waals surface area contributed by atoms with Crippen molar-refractivity contribution in [3.8, 4) is 23.3 Å². The van der Waals surface area contributed by atoms with Gasteiger partial charge in [-0.15, -0.1) is 0 Å². The lowest BCUT2D eigenvalue weighted by atomic mass is 10.2. The Morgan fingerprint density at radius 2 is 1.83 bits per heavy atom. The number of sulfonamides is 1. The van der Waals surface area contributed by atoms with Gasteiger partial charge in [0.05, 0.1) is 7.11 Å². The number of aromatic nitrogens is 1. The molecule has 0 saturated heterocycles. The molecule has 3 aromatic rings. The summed E-state index contributed by atoms with van der Waals surface area (Å²) in [4.78, 5) is 5.81. The van der Waals surface area contributed by atoms with E-state index in [-0.39, 0.29) is 28.8 Å². The molecule has 9 heteroatoms. The van der Waals surface area contributed by atoms with Crippen molar-refractivity contribution in [2.75, 3.05) is 33.2 Å². The summed E-state index contributed by atoms with van der Waals surface area (Å²) in [6, 6.07) is 15.9. The fourth-order valence-electron chi connectivity index (χ4n) is 2.92. The summed E-state index contributed by atoms with van der Waals surface area (Å²) in [5.41, 5.74) is 1.41. The molecule has 0 saturated carbocycles. The normalized spacial score (nSPS) is 11.3. The maximum Gasteiger partial charge on any atom is 0.246 e. The van der Waals surface area contributed by atoms with Crippen LogP contribution >= 0.6 is 0 Å². The van der Waals surface area contributed by atoms with Crippen LogP contribution < -0.4 is 9.64 Å². The Labute approximate surface area is 176 Å². The summed E-state index contributed by atoms with van der Waals surface area (Å²) in [5, 5.41) is 9.28. The molecule has 0 atom stereocenters. The lowest BCUT2D eigenvalue weighted by Gasteiger charge is -2.19. The van der Waals surface area contributed by atoms with E-state index in [9.17, 15) is 13.7 Å².